The Balaban J connectivity index is 2.08. The van der Waals surface area contributed by atoms with Crippen molar-refractivity contribution in [3.8, 4) is 0 Å². The first-order valence-corrected chi connectivity index (χ1v) is 5.93. The largest absolute Gasteiger partial charge is 0.350 e. The Hall–Kier alpha value is -1.17. The van der Waals surface area contributed by atoms with Crippen molar-refractivity contribution in [2.45, 2.75) is 6.54 Å². The highest BCUT2D eigenvalue weighted by Gasteiger charge is 2.04. The van der Waals surface area contributed by atoms with Crippen LogP contribution in [-0.4, -0.2) is 15.0 Å². The summed E-state index contributed by atoms with van der Waals surface area (Å²) in [7, 11) is 0. The van der Waals surface area contributed by atoms with Gasteiger partial charge in [0.1, 0.15) is 5.82 Å². The van der Waals surface area contributed by atoms with E-state index in [-0.39, 0.29) is 21.5 Å². The Morgan fingerprint density at radius 3 is 2.33 bits per heavy atom. The van der Waals surface area contributed by atoms with Crippen molar-refractivity contribution in [2.24, 2.45) is 0 Å². The lowest BCUT2D eigenvalue weighted by molar-refractivity contribution is 0.627. The van der Waals surface area contributed by atoms with Crippen molar-refractivity contribution in [2.75, 3.05) is 5.32 Å². The molecule has 0 aliphatic rings. The number of nitrogens with one attached hydrogen (secondary N) is 1. The van der Waals surface area contributed by atoms with Crippen LogP contribution in [0, 0.1) is 5.82 Å². The third kappa shape index (κ3) is 3.41. The minimum atomic E-state index is -0.466. The second-order valence-electron chi connectivity index (χ2n) is 3.30. The van der Waals surface area contributed by atoms with Crippen LogP contribution >= 0.6 is 34.8 Å². The zero-order valence-corrected chi connectivity index (χ0v) is 11.1. The molecule has 2 rings (SSSR count). The fraction of sp³-hybridized carbons (Fsp3) is 0.100. The van der Waals surface area contributed by atoms with Crippen LogP contribution in [0.1, 0.15) is 5.56 Å². The van der Waals surface area contributed by atoms with E-state index in [0.717, 1.165) is 5.56 Å². The Bertz CT molecular complexity index is 559. The Morgan fingerprint density at radius 1 is 1.06 bits per heavy atom. The first-order valence-electron chi connectivity index (χ1n) is 4.79. The van der Waals surface area contributed by atoms with Gasteiger partial charge in [-0.3, -0.25) is 0 Å². The first-order chi connectivity index (χ1) is 8.54. The van der Waals surface area contributed by atoms with Gasteiger partial charge in [-0.1, -0.05) is 17.7 Å². The summed E-state index contributed by atoms with van der Waals surface area (Å²) in [6.45, 7) is 0.358. The quantitative estimate of drug-likeness (QED) is 0.941. The molecule has 0 saturated carbocycles. The van der Waals surface area contributed by atoms with Gasteiger partial charge in [0.25, 0.3) is 0 Å². The predicted octanol–water partition coefficient (Wildman–Crippen LogP) is 3.58. The molecule has 0 aliphatic heterocycles. The monoisotopic (exact) mass is 306 g/mol. The average molecular weight is 308 g/mol. The Morgan fingerprint density at radius 2 is 1.72 bits per heavy atom. The molecule has 0 atom stereocenters. The molecular weight excluding hydrogens is 301 g/mol. The van der Waals surface area contributed by atoms with Crippen molar-refractivity contribution in [1.82, 2.24) is 15.0 Å². The molecule has 1 heterocycles. The molecule has 18 heavy (non-hydrogen) atoms. The van der Waals surface area contributed by atoms with E-state index in [1.165, 1.54) is 12.1 Å². The molecule has 94 valence electrons. The number of hydrogen-bond acceptors (Lipinski definition) is 4. The standard InChI is InChI=1S/C10H6Cl3FN4/c11-6-3-5(1-2-7(6)14)4-15-10-17-8(12)16-9(13)18-10/h1-3H,4H2,(H,15,16,17,18). The predicted molar refractivity (Wildman–Crippen MR) is 68.6 cm³/mol. The summed E-state index contributed by atoms with van der Waals surface area (Å²) in [6, 6.07) is 4.39. The molecule has 0 unspecified atom stereocenters. The molecule has 0 amide bonds. The SMILES string of the molecule is Fc1ccc(CNc2nc(Cl)nc(Cl)n2)cc1Cl. The molecule has 0 spiro atoms. The summed E-state index contributed by atoms with van der Waals surface area (Å²) in [5, 5.41) is 2.92. The Labute approximate surface area is 117 Å². The number of nitrogens with zero attached hydrogens (tertiary/aromatic N) is 3. The van der Waals surface area contributed by atoms with Gasteiger partial charge in [0, 0.05) is 6.54 Å². The minimum absolute atomic E-state index is 0.00496. The van der Waals surface area contributed by atoms with E-state index in [1.54, 1.807) is 6.07 Å². The van der Waals surface area contributed by atoms with Gasteiger partial charge in [-0.25, -0.2) is 4.39 Å². The van der Waals surface area contributed by atoms with E-state index in [0.29, 0.717) is 6.54 Å². The van der Waals surface area contributed by atoms with Crippen molar-refractivity contribution in [3.05, 3.63) is 45.2 Å². The summed E-state index contributed by atoms with van der Waals surface area (Å²) < 4.78 is 12.9. The van der Waals surface area contributed by atoms with Crippen LogP contribution in [0.3, 0.4) is 0 Å². The zero-order chi connectivity index (χ0) is 13.1. The molecule has 1 N–H and O–H groups in total. The normalized spacial score (nSPS) is 10.4. The number of aromatic nitrogens is 3. The third-order valence-corrected chi connectivity index (χ3v) is 2.64. The van der Waals surface area contributed by atoms with Crippen LogP contribution in [0.4, 0.5) is 10.3 Å². The minimum Gasteiger partial charge on any atom is -0.350 e. The van der Waals surface area contributed by atoms with Crippen LogP contribution < -0.4 is 5.32 Å². The van der Waals surface area contributed by atoms with E-state index in [2.05, 4.69) is 20.3 Å². The van der Waals surface area contributed by atoms with E-state index >= 15 is 0 Å². The van der Waals surface area contributed by atoms with Gasteiger partial charge in [0.2, 0.25) is 16.5 Å². The highest BCUT2D eigenvalue weighted by Crippen LogP contribution is 2.17. The molecule has 0 saturated heterocycles. The van der Waals surface area contributed by atoms with Gasteiger partial charge in [-0.15, -0.1) is 0 Å². The molecule has 0 bridgehead atoms. The highest BCUT2D eigenvalue weighted by atomic mass is 35.5. The molecule has 8 heteroatoms. The van der Waals surface area contributed by atoms with Gasteiger partial charge < -0.3 is 5.32 Å². The summed E-state index contributed by atoms with van der Waals surface area (Å²) in [4.78, 5) is 11.3. The van der Waals surface area contributed by atoms with Crippen LogP contribution in [0.2, 0.25) is 15.6 Å². The lowest BCUT2D eigenvalue weighted by Gasteiger charge is -2.05. The van der Waals surface area contributed by atoms with Gasteiger partial charge in [0.05, 0.1) is 5.02 Å². The number of benzene rings is 1. The van der Waals surface area contributed by atoms with Crippen LogP contribution in [0.25, 0.3) is 0 Å². The summed E-state index contributed by atoms with van der Waals surface area (Å²) in [6.07, 6.45) is 0. The second-order valence-corrected chi connectivity index (χ2v) is 4.38. The smallest absolute Gasteiger partial charge is 0.228 e. The highest BCUT2D eigenvalue weighted by molar-refractivity contribution is 6.31. The van der Waals surface area contributed by atoms with Gasteiger partial charge in [0.15, 0.2) is 0 Å². The lowest BCUT2D eigenvalue weighted by atomic mass is 10.2. The van der Waals surface area contributed by atoms with Crippen LogP contribution in [0.15, 0.2) is 18.2 Å². The topological polar surface area (TPSA) is 50.7 Å². The van der Waals surface area contributed by atoms with Crippen LogP contribution in [-0.2, 0) is 6.54 Å². The van der Waals surface area contributed by atoms with Gasteiger partial charge in [-0.2, -0.15) is 15.0 Å². The number of hydrogen-bond donors (Lipinski definition) is 1. The molecule has 2 aromatic rings. The van der Waals surface area contributed by atoms with E-state index in [4.69, 9.17) is 34.8 Å². The molecule has 0 aliphatic carbocycles. The maximum absolute atomic E-state index is 12.9. The fourth-order valence-electron chi connectivity index (χ4n) is 1.24. The molecular formula is C10H6Cl3FN4. The molecule has 0 fully saturated rings. The van der Waals surface area contributed by atoms with E-state index in [1.807, 2.05) is 0 Å². The van der Waals surface area contributed by atoms with Crippen molar-refractivity contribution in [3.63, 3.8) is 0 Å². The van der Waals surface area contributed by atoms with E-state index in [9.17, 15) is 4.39 Å². The van der Waals surface area contributed by atoms with Crippen LogP contribution in [0.5, 0.6) is 0 Å². The van der Waals surface area contributed by atoms with Crippen molar-refractivity contribution < 1.29 is 4.39 Å². The molecule has 1 aromatic heterocycles. The third-order valence-electron chi connectivity index (χ3n) is 2.02. The van der Waals surface area contributed by atoms with Gasteiger partial charge in [-0.05, 0) is 40.9 Å². The summed E-state index contributed by atoms with van der Waals surface area (Å²) >= 11 is 16.9. The molecule has 1 aromatic carbocycles. The maximum Gasteiger partial charge on any atom is 0.228 e. The number of anilines is 1. The summed E-state index contributed by atoms with van der Waals surface area (Å²) in [5.74, 6) is -0.230. The fourth-order valence-corrected chi connectivity index (χ4v) is 1.80. The van der Waals surface area contributed by atoms with Gasteiger partial charge >= 0.3 is 0 Å². The van der Waals surface area contributed by atoms with E-state index < -0.39 is 5.82 Å². The average Bonchev–Trinajstić information content (AvgIpc) is 2.29. The first kappa shape index (κ1) is 13.3. The number of halogens is 4. The second kappa shape index (κ2) is 5.65. The maximum atomic E-state index is 12.9. The van der Waals surface area contributed by atoms with Crippen molar-refractivity contribution in [1.29, 1.82) is 0 Å². The molecule has 4 nitrogen and oxygen atoms in total. The zero-order valence-electron chi connectivity index (χ0n) is 8.79. The summed E-state index contributed by atoms with van der Waals surface area (Å²) in [5.41, 5.74) is 0.772. The van der Waals surface area contributed by atoms with Crippen molar-refractivity contribution >= 4 is 40.8 Å². The Kier molecular flexibility index (Phi) is 4.16. The number of rotatable bonds is 3. The lowest BCUT2D eigenvalue weighted by Crippen LogP contribution is -2.05. The molecule has 0 radical (unpaired) electrons.